The number of carbonyl (C=O) groups is 2. The van der Waals surface area contributed by atoms with E-state index in [-0.39, 0.29) is 17.9 Å². The number of amides is 3. The number of hydrogen-bond acceptors (Lipinski definition) is 2. The number of nitrogens with one attached hydrogen (secondary N) is 3. The lowest BCUT2D eigenvalue weighted by molar-refractivity contribution is -0.124. The van der Waals surface area contributed by atoms with E-state index in [0.29, 0.717) is 19.6 Å². The summed E-state index contributed by atoms with van der Waals surface area (Å²) in [6.45, 7) is 5.58. The summed E-state index contributed by atoms with van der Waals surface area (Å²) in [4.78, 5) is 24.0. The maximum Gasteiger partial charge on any atom is 0.315 e. The van der Waals surface area contributed by atoms with E-state index in [2.05, 4.69) is 22.9 Å². The largest absolute Gasteiger partial charge is 0.352 e. The summed E-state index contributed by atoms with van der Waals surface area (Å²) in [5, 5.41) is 8.73. The van der Waals surface area contributed by atoms with Crippen LogP contribution in [0.25, 0.3) is 0 Å². The van der Waals surface area contributed by atoms with Gasteiger partial charge in [0.2, 0.25) is 5.91 Å². The topological polar surface area (TPSA) is 70.2 Å². The molecule has 0 fully saturated rings. The molecule has 2 aromatic carbocycles. The van der Waals surface area contributed by atoms with Crippen LogP contribution in [0.5, 0.6) is 0 Å². The molecule has 2 rings (SSSR count). The van der Waals surface area contributed by atoms with Crippen LogP contribution in [0.1, 0.15) is 43.4 Å². The molecule has 28 heavy (non-hydrogen) atoms. The minimum Gasteiger partial charge on any atom is -0.352 e. The van der Waals surface area contributed by atoms with Crippen molar-refractivity contribution in [3.05, 3.63) is 71.3 Å². The summed E-state index contributed by atoms with van der Waals surface area (Å²) in [7, 11) is 0. The number of urea groups is 1. The fourth-order valence-electron chi connectivity index (χ4n) is 2.99. The van der Waals surface area contributed by atoms with E-state index in [4.69, 9.17) is 0 Å². The van der Waals surface area contributed by atoms with E-state index >= 15 is 0 Å². The summed E-state index contributed by atoms with van der Waals surface area (Å²) >= 11 is 0. The minimum atomic E-state index is -0.178. The van der Waals surface area contributed by atoms with Crippen LogP contribution in [-0.2, 0) is 24.3 Å². The Labute approximate surface area is 167 Å². The molecular weight excluding hydrogens is 350 g/mol. The molecule has 0 radical (unpaired) electrons. The molecule has 0 aliphatic rings. The molecule has 0 heterocycles. The highest BCUT2D eigenvalue weighted by Crippen LogP contribution is 2.08. The molecule has 0 aliphatic carbocycles. The van der Waals surface area contributed by atoms with Gasteiger partial charge < -0.3 is 16.0 Å². The highest BCUT2D eigenvalue weighted by atomic mass is 16.2. The van der Waals surface area contributed by atoms with Gasteiger partial charge in [-0.2, -0.15) is 0 Å². The Morgan fingerprint density at radius 1 is 0.857 bits per heavy atom. The fraction of sp³-hybridized carbons (Fsp3) is 0.391. The predicted molar refractivity (Wildman–Crippen MR) is 113 cm³/mol. The average Bonchev–Trinajstić information content (AvgIpc) is 2.72. The van der Waals surface area contributed by atoms with E-state index < -0.39 is 0 Å². The maximum absolute atomic E-state index is 12.0. The first-order valence-corrected chi connectivity index (χ1v) is 9.99. The third-order valence-electron chi connectivity index (χ3n) is 4.62. The summed E-state index contributed by atoms with van der Waals surface area (Å²) < 4.78 is 0. The quantitative estimate of drug-likeness (QED) is 0.586. The molecular formula is C23H31N3O2. The van der Waals surface area contributed by atoms with Gasteiger partial charge >= 0.3 is 6.03 Å². The molecule has 0 saturated carbocycles. The fourth-order valence-corrected chi connectivity index (χ4v) is 2.99. The lowest BCUT2D eigenvalue weighted by atomic mass is 10.1. The zero-order valence-corrected chi connectivity index (χ0v) is 16.8. The number of carbonyl (C=O) groups excluding carboxylic acids is 2. The van der Waals surface area contributed by atoms with Crippen molar-refractivity contribution < 1.29 is 9.59 Å². The molecule has 3 amide bonds. The van der Waals surface area contributed by atoms with Crippen molar-refractivity contribution in [1.82, 2.24) is 16.0 Å². The molecule has 0 saturated heterocycles. The van der Waals surface area contributed by atoms with E-state index in [1.807, 2.05) is 61.5 Å². The van der Waals surface area contributed by atoms with Gasteiger partial charge in [0.05, 0.1) is 0 Å². The Balaban J connectivity index is 1.71. The van der Waals surface area contributed by atoms with Crippen LogP contribution >= 0.6 is 0 Å². The SMILES string of the molecule is CCCC(C)C(=O)NCc1cccc(CNC(=O)NCCc2ccccc2)c1. The third kappa shape index (κ3) is 7.82. The molecule has 1 atom stereocenters. The van der Waals surface area contributed by atoms with Crippen LogP contribution in [0.15, 0.2) is 54.6 Å². The minimum absolute atomic E-state index is 0.0365. The second-order valence-corrected chi connectivity index (χ2v) is 7.07. The summed E-state index contributed by atoms with van der Waals surface area (Å²) in [5.41, 5.74) is 3.23. The molecule has 0 spiro atoms. The van der Waals surface area contributed by atoms with Crippen molar-refractivity contribution in [1.29, 1.82) is 0 Å². The summed E-state index contributed by atoms with van der Waals surface area (Å²) in [6, 6.07) is 17.8. The van der Waals surface area contributed by atoms with E-state index in [0.717, 1.165) is 30.4 Å². The second-order valence-electron chi connectivity index (χ2n) is 7.07. The molecule has 0 bridgehead atoms. The number of benzene rings is 2. The van der Waals surface area contributed by atoms with Crippen molar-refractivity contribution in [2.24, 2.45) is 5.92 Å². The van der Waals surface area contributed by atoms with Gasteiger partial charge in [-0.05, 0) is 29.5 Å². The lowest BCUT2D eigenvalue weighted by Gasteiger charge is -2.12. The summed E-state index contributed by atoms with van der Waals surface area (Å²) in [6.07, 6.45) is 2.71. The van der Waals surface area contributed by atoms with E-state index in [1.165, 1.54) is 5.56 Å². The molecule has 150 valence electrons. The summed E-state index contributed by atoms with van der Waals surface area (Å²) in [5.74, 6) is 0.123. The van der Waals surface area contributed by atoms with Gasteiger partial charge in [0.25, 0.3) is 0 Å². The average molecular weight is 382 g/mol. The molecule has 1 unspecified atom stereocenters. The van der Waals surface area contributed by atoms with Crippen molar-refractivity contribution in [3.8, 4) is 0 Å². The van der Waals surface area contributed by atoms with Crippen LogP contribution in [0.3, 0.4) is 0 Å². The van der Waals surface area contributed by atoms with Gasteiger partial charge in [0.15, 0.2) is 0 Å². The standard InChI is InChI=1S/C23H31N3O2/c1-3-8-18(2)22(27)25-16-20-11-7-12-21(15-20)17-26-23(28)24-14-13-19-9-5-4-6-10-19/h4-7,9-12,15,18H,3,8,13-14,16-17H2,1-2H3,(H,25,27)(H2,24,26,28). The van der Waals surface area contributed by atoms with Crippen LogP contribution in [-0.4, -0.2) is 18.5 Å². The van der Waals surface area contributed by atoms with Gasteiger partial charge in [-0.25, -0.2) is 4.79 Å². The first-order valence-electron chi connectivity index (χ1n) is 9.99. The van der Waals surface area contributed by atoms with Crippen LogP contribution in [0.2, 0.25) is 0 Å². The highest BCUT2D eigenvalue weighted by Gasteiger charge is 2.11. The van der Waals surface area contributed by atoms with Gasteiger partial charge in [0, 0.05) is 25.6 Å². The molecule has 3 N–H and O–H groups in total. The Morgan fingerprint density at radius 2 is 1.50 bits per heavy atom. The van der Waals surface area contributed by atoms with Gasteiger partial charge in [0.1, 0.15) is 0 Å². The molecule has 0 aliphatic heterocycles. The van der Waals surface area contributed by atoms with E-state index in [9.17, 15) is 9.59 Å². The van der Waals surface area contributed by atoms with E-state index in [1.54, 1.807) is 0 Å². The van der Waals surface area contributed by atoms with Crippen LogP contribution < -0.4 is 16.0 Å². The third-order valence-corrected chi connectivity index (χ3v) is 4.62. The Morgan fingerprint density at radius 3 is 2.18 bits per heavy atom. The Bertz CT molecular complexity index is 747. The van der Waals surface area contributed by atoms with Crippen molar-refractivity contribution in [2.45, 2.75) is 46.2 Å². The van der Waals surface area contributed by atoms with Crippen molar-refractivity contribution >= 4 is 11.9 Å². The van der Waals surface area contributed by atoms with Crippen molar-refractivity contribution in [3.63, 3.8) is 0 Å². The zero-order chi connectivity index (χ0) is 20.2. The monoisotopic (exact) mass is 381 g/mol. The van der Waals surface area contributed by atoms with Gasteiger partial charge in [-0.3, -0.25) is 4.79 Å². The molecule has 0 aromatic heterocycles. The van der Waals surface area contributed by atoms with Crippen molar-refractivity contribution in [2.75, 3.05) is 6.54 Å². The Hall–Kier alpha value is -2.82. The maximum atomic E-state index is 12.0. The van der Waals surface area contributed by atoms with Crippen LogP contribution in [0.4, 0.5) is 4.79 Å². The molecule has 5 nitrogen and oxygen atoms in total. The number of hydrogen-bond donors (Lipinski definition) is 3. The first-order chi connectivity index (χ1) is 13.6. The smallest absolute Gasteiger partial charge is 0.315 e. The predicted octanol–water partition coefficient (Wildman–Crippen LogP) is 3.78. The normalized spacial score (nSPS) is 11.5. The second kappa shape index (κ2) is 11.8. The Kier molecular flexibility index (Phi) is 9.05. The molecule has 2 aromatic rings. The molecule has 5 heteroatoms. The number of rotatable bonds is 10. The zero-order valence-electron chi connectivity index (χ0n) is 16.8. The van der Waals surface area contributed by atoms with Gasteiger partial charge in [-0.1, -0.05) is 74.9 Å². The first kappa shape index (κ1) is 21.5. The van der Waals surface area contributed by atoms with Crippen LogP contribution in [0, 0.1) is 5.92 Å². The lowest BCUT2D eigenvalue weighted by Crippen LogP contribution is -2.36. The van der Waals surface area contributed by atoms with Gasteiger partial charge in [-0.15, -0.1) is 0 Å². The highest BCUT2D eigenvalue weighted by molar-refractivity contribution is 5.78.